The van der Waals surface area contributed by atoms with Gasteiger partial charge in [-0.3, -0.25) is 25.0 Å². The number of nitro benzene ring substituents is 2. The van der Waals surface area contributed by atoms with Gasteiger partial charge in [-0.2, -0.15) is 0 Å². The fraction of sp³-hybridized carbons (Fsp3) is 0.143. The zero-order valence-electron chi connectivity index (χ0n) is 12.7. The van der Waals surface area contributed by atoms with Crippen molar-refractivity contribution in [1.29, 1.82) is 0 Å². The average Bonchev–Trinajstić information content (AvgIpc) is 2.55. The molecule has 0 aliphatic heterocycles. The highest BCUT2D eigenvalue weighted by atomic mass is 16.6. The Morgan fingerprint density at radius 1 is 1.17 bits per heavy atom. The molecule has 1 N–H and O–H groups in total. The van der Waals surface area contributed by atoms with Crippen LogP contribution in [0.25, 0.3) is 0 Å². The molecule has 1 heterocycles. The van der Waals surface area contributed by atoms with Crippen molar-refractivity contribution in [2.45, 2.75) is 6.92 Å². The molecule has 0 aliphatic rings. The second kappa shape index (κ2) is 6.69. The summed E-state index contributed by atoms with van der Waals surface area (Å²) in [6.07, 6.45) is 1.33. The molecule has 0 fully saturated rings. The van der Waals surface area contributed by atoms with E-state index >= 15 is 0 Å². The van der Waals surface area contributed by atoms with Gasteiger partial charge in [0, 0.05) is 18.2 Å². The van der Waals surface area contributed by atoms with Crippen molar-refractivity contribution >= 4 is 23.0 Å². The number of methoxy groups -OCH3 is 1. The summed E-state index contributed by atoms with van der Waals surface area (Å²) in [5.74, 6) is -0.386. The third-order valence-corrected chi connectivity index (χ3v) is 3.21. The number of nitrogens with one attached hydrogen (secondary N) is 1. The van der Waals surface area contributed by atoms with Crippen LogP contribution < -0.4 is 10.1 Å². The lowest BCUT2D eigenvalue weighted by molar-refractivity contribution is -0.395. The molecular formula is C14H12N4O6. The van der Waals surface area contributed by atoms with E-state index < -0.39 is 27.1 Å². The quantitative estimate of drug-likeness (QED) is 0.655. The molecule has 0 radical (unpaired) electrons. The summed E-state index contributed by atoms with van der Waals surface area (Å²) in [7, 11) is 1.44. The first-order valence-electron chi connectivity index (χ1n) is 6.58. The first-order valence-corrected chi connectivity index (χ1v) is 6.58. The minimum Gasteiger partial charge on any atom is -0.481 e. The molecule has 0 spiro atoms. The number of carbonyl (C=O) groups excluding carboxylic acids is 1. The van der Waals surface area contributed by atoms with Crippen LogP contribution in [0.15, 0.2) is 30.5 Å². The Morgan fingerprint density at radius 3 is 2.17 bits per heavy atom. The van der Waals surface area contributed by atoms with E-state index in [0.29, 0.717) is 11.6 Å². The Bertz CT molecular complexity index is 784. The van der Waals surface area contributed by atoms with E-state index in [1.165, 1.54) is 32.4 Å². The molecule has 10 heteroatoms. The Kier molecular flexibility index (Phi) is 4.68. The van der Waals surface area contributed by atoms with Crippen molar-refractivity contribution in [3.05, 3.63) is 61.8 Å². The topological polar surface area (TPSA) is 138 Å². The highest BCUT2D eigenvalue weighted by Gasteiger charge is 2.25. The number of aromatic nitrogens is 1. The van der Waals surface area contributed by atoms with Crippen LogP contribution in [-0.2, 0) is 0 Å². The summed E-state index contributed by atoms with van der Waals surface area (Å²) in [4.78, 5) is 36.6. The van der Waals surface area contributed by atoms with Crippen LogP contribution in [0.5, 0.6) is 5.88 Å². The van der Waals surface area contributed by atoms with Gasteiger partial charge in [0.1, 0.15) is 5.56 Å². The summed E-state index contributed by atoms with van der Waals surface area (Å²) in [5.41, 5.74) is -1.00. The molecule has 10 nitrogen and oxygen atoms in total. The summed E-state index contributed by atoms with van der Waals surface area (Å²) < 4.78 is 4.88. The van der Waals surface area contributed by atoms with E-state index in [1.807, 2.05) is 0 Å². The van der Waals surface area contributed by atoms with Gasteiger partial charge in [0.2, 0.25) is 5.88 Å². The summed E-state index contributed by atoms with van der Waals surface area (Å²) in [6, 6.07) is 5.01. The molecule has 0 bridgehead atoms. The van der Waals surface area contributed by atoms with Crippen LogP contribution in [0.4, 0.5) is 17.1 Å². The Hall–Kier alpha value is -3.56. The molecule has 24 heavy (non-hydrogen) atoms. The van der Waals surface area contributed by atoms with Crippen LogP contribution in [0, 0.1) is 27.2 Å². The van der Waals surface area contributed by atoms with Crippen molar-refractivity contribution in [1.82, 2.24) is 4.98 Å². The predicted molar refractivity (Wildman–Crippen MR) is 83.2 cm³/mol. The number of hydrogen-bond donors (Lipinski definition) is 1. The normalized spacial score (nSPS) is 10.1. The number of ether oxygens (including phenoxy) is 1. The van der Waals surface area contributed by atoms with Gasteiger partial charge in [-0.15, -0.1) is 0 Å². The lowest BCUT2D eigenvalue weighted by atomic mass is 10.1. The number of rotatable bonds is 5. The largest absolute Gasteiger partial charge is 0.481 e. The van der Waals surface area contributed by atoms with Gasteiger partial charge < -0.3 is 10.1 Å². The molecular weight excluding hydrogens is 320 g/mol. The molecule has 1 aromatic heterocycles. The number of benzene rings is 1. The fourth-order valence-corrected chi connectivity index (χ4v) is 1.97. The Morgan fingerprint density at radius 2 is 1.75 bits per heavy atom. The third-order valence-electron chi connectivity index (χ3n) is 3.21. The maximum absolute atomic E-state index is 12.2. The van der Waals surface area contributed by atoms with E-state index in [2.05, 4.69) is 10.3 Å². The lowest BCUT2D eigenvalue weighted by Gasteiger charge is -2.07. The van der Waals surface area contributed by atoms with Crippen LogP contribution in [0.3, 0.4) is 0 Å². The molecule has 0 saturated heterocycles. The smallest absolute Gasteiger partial charge is 0.279 e. The van der Waals surface area contributed by atoms with Gasteiger partial charge >= 0.3 is 0 Å². The number of carbonyl (C=O) groups is 1. The van der Waals surface area contributed by atoms with Crippen molar-refractivity contribution < 1.29 is 19.4 Å². The first-order chi connectivity index (χ1) is 11.3. The van der Waals surface area contributed by atoms with Crippen LogP contribution in [0.1, 0.15) is 15.9 Å². The van der Waals surface area contributed by atoms with Crippen molar-refractivity contribution in [2.24, 2.45) is 0 Å². The summed E-state index contributed by atoms with van der Waals surface area (Å²) in [5, 5.41) is 24.5. The van der Waals surface area contributed by atoms with E-state index in [1.54, 1.807) is 0 Å². The second-order valence-corrected chi connectivity index (χ2v) is 4.70. The van der Waals surface area contributed by atoms with Gasteiger partial charge in [-0.05, 0) is 13.0 Å². The number of pyridine rings is 1. The minimum atomic E-state index is -0.770. The fourth-order valence-electron chi connectivity index (χ4n) is 1.97. The minimum absolute atomic E-state index is 0.118. The number of nitro groups is 2. The summed E-state index contributed by atoms with van der Waals surface area (Å²) in [6.45, 7) is 1.26. The highest BCUT2D eigenvalue weighted by molar-refractivity contribution is 6.05. The Labute approximate surface area is 135 Å². The zero-order chi connectivity index (χ0) is 17.9. The molecule has 0 atom stereocenters. The van der Waals surface area contributed by atoms with E-state index in [0.717, 1.165) is 12.1 Å². The van der Waals surface area contributed by atoms with Crippen molar-refractivity contribution in [3.8, 4) is 5.88 Å². The molecule has 0 saturated carbocycles. The highest BCUT2D eigenvalue weighted by Crippen LogP contribution is 2.29. The zero-order valence-corrected chi connectivity index (χ0v) is 12.7. The average molecular weight is 332 g/mol. The van der Waals surface area contributed by atoms with Crippen LogP contribution in [0.2, 0.25) is 0 Å². The number of hydrogen-bond acceptors (Lipinski definition) is 7. The molecule has 0 aliphatic carbocycles. The van der Waals surface area contributed by atoms with Crippen LogP contribution >= 0.6 is 0 Å². The maximum atomic E-state index is 12.2. The van der Waals surface area contributed by atoms with Gasteiger partial charge in [0.05, 0.1) is 34.4 Å². The second-order valence-electron chi connectivity index (χ2n) is 4.70. The van der Waals surface area contributed by atoms with Gasteiger partial charge in [0.15, 0.2) is 0 Å². The number of anilines is 1. The molecule has 1 amide bonds. The van der Waals surface area contributed by atoms with Gasteiger partial charge in [-0.1, -0.05) is 0 Å². The monoisotopic (exact) mass is 332 g/mol. The van der Waals surface area contributed by atoms with Crippen molar-refractivity contribution in [3.63, 3.8) is 0 Å². The molecule has 2 rings (SSSR count). The van der Waals surface area contributed by atoms with E-state index in [9.17, 15) is 25.0 Å². The SMILES string of the molecule is COc1ccc(NC(=O)c2cc([N+](=O)[O-])c(C)c([N+](=O)[O-])c2)cn1. The third kappa shape index (κ3) is 3.43. The van der Waals surface area contributed by atoms with Gasteiger partial charge in [-0.25, -0.2) is 4.98 Å². The van der Waals surface area contributed by atoms with Crippen LogP contribution in [-0.4, -0.2) is 27.8 Å². The van der Waals surface area contributed by atoms with E-state index in [-0.39, 0.29) is 11.1 Å². The maximum Gasteiger partial charge on any atom is 0.279 e. The van der Waals surface area contributed by atoms with E-state index in [4.69, 9.17) is 4.74 Å². The predicted octanol–water partition coefficient (Wildman–Crippen LogP) is 2.47. The Balaban J connectivity index is 2.37. The van der Waals surface area contributed by atoms with Gasteiger partial charge in [0.25, 0.3) is 17.3 Å². The molecule has 0 unspecified atom stereocenters. The van der Waals surface area contributed by atoms with Crippen molar-refractivity contribution in [2.75, 3.05) is 12.4 Å². The molecule has 2 aromatic rings. The molecule has 124 valence electrons. The number of nitrogens with zero attached hydrogens (tertiary/aromatic N) is 3. The molecule has 1 aromatic carbocycles. The standard InChI is InChI=1S/C14H12N4O6/c1-8-11(17(20)21)5-9(6-12(8)18(22)23)14(19)16-10-3-4-13(24-2)15-7-10/h3-7H,1-2H3,(H,16,19). The first kappa shape index (κ1) is 16.8. The lowest BCUT2D eigenvalue weighted by Crippen LogP contribution is -2.13. The number of amides is 1. The summed E-state index contributed by atoms with van der Waals surface area (Å²) >= 11 is 0.